The molecule has 9 aromatic carbocycles. The highest BCUT2D eigenvalue weighted by Gasteiger charge is 2.48. The topological polar surface area (TPSA) is 0 Å². The summed E-state index contributed by atoms with van der Waals surface area (Å²) in [6.45, 7) is 0. The summed E-state index contributed by atoms with van der Waals surface area (Å²) >= 11 is 0. The van der Waals surface area contributed by atoms with Crippen LogP contribution in [0.25, 0.3) is 65.3 Å². The van der Waals surface area contributed by atoms with Gasteiger partial charge >= 0.3 is 0 Å². The summed E-state index contributed by atoms with van der Waals surface area (Å²) < 4.78 is 0. The monoisotopic (exact) mass is 594 g/mol. The van der Waals surface area contributed by atoms with E-state index in [1.807, 2.05) is 0 Å². The number of rotatable bonds is 3. The zero-order valence-electron chi connectivity index (χ0n) is 25.8. The van der Waals surface area contributed by atoms with E-state index in [2.05, 4.69) is 182 Å². The van der Waals surface area contributed by atoms with Crippen LogP contribution in [-0.4, -0.2) is 0 Å². The van der Waals surface area contributed by atoms with Gasteiger partial charge in [0.2, 0.25) is 0 Å². The van der Waals surface area contributed by atoms with Crippen LogP contribution in [-0.2, 0) is 5.41 Å². The van der Waals surface area contributed by atoms with E-state index >= 15 is 0 Å². The summed E-state index contributed by atoms with van der Waals surface area (Å²) in [5.41, 5.74) is 9.98. The van der Waals surface area contributed by atoms with Gasteiger partial charge < -0.3 is 0 Å². The van der Waals surface area contributed by atoms with E-state index in [4.69, 9.17) is 0 Å². The van der Waals surface area contributed by atoms with Crippen molar-refractivity contribution in [2.45, 2.75) is 5.41 Å². The number of benzene rings is 9. The van der Waals surface area contributed by atoms with Crippen molar-refractivity contribution in [2.75, 3.05) is 0 Å². The molecule has 9 aromatic rings. The Kier molecular flexibility index (Phi) is 5.59. The van der Waals surface area contributed by atoms with Gasteiger partial charge in [0.25, 0.3) is 0 Å². The van der Waals surface area contributed by atoms with Gasteiger partial charge in [-0.2, -0.15) is 0 Å². The zero-order chi connectivity index (χ0) is 31.0. The highest BCUT2D eigenvalue weighted by atomic mass is 14.5. The SMILES string of the molecule is c1ccc(C2(c3ccccc3)c3ccccc3-c3c(-c4cc5c6ccccc6ccc5c5ccccc45)cc4ccccc4c32)cc1. The summed E-state index contributed by atoms with van der Waals surface area (Å²) in [6, 6.07) is 67.7. The molecule has 0 heterocycles. The molecule has 0 saturated heterocycles. The molecule has 0 radical (unpaired) electrons. The van der Waals surface area contributed by atoms with Crippen LogP contribution in [0, 0.1) is 0 Å². The molecule has 0 aromatic heterocycles. The molecule has 0 aliphatic heterocycles. The summed E-state index contributed by atoms with van der Waals surface area (Å²) in [4.78, 5) is 0. The minimum absolute atomic E-state index is 0.483. The van der Waals surface area contributed by atoms with Crippen molar-refractivity contribution in [1.82, 2.24) is 0 Å². The summed E-state index contributed by atoms with van der Waals surface area (Å²) in [5.74, 6) is 0. The van der Waals surface area contributed by atoms with Crippen molar-refractivity contribution >= 4 is 43.1 Å². The minimum Gasteiger partial charge on any atom is -0.0622 e. The molecule has 47 heavy (non-hydrogen) atoms. The third-order valence-electron chi connectivity index (χ3n) is 10.5. The van der Waals surface area contributed by atoms with Gasteiger partial charge in [0.05, 0.1) is 5.41 Å². The second kappa shape index (κ2) is 10.0. The average Bonchev–Trinajstić information content (AvgIpc) is 3.47. The Balaban J connectivity index is 1.45. The quantitative estimate of drug-likeness (QED) is 0.179. The molecule has 0 heteroatoms. The van der Waals surface area contributed by atoms with E-state index in [-0.39, 0.29) is 0 Å². The molecule has 0 spiro atoms. The van der Waals surface area contributed by atoms with Crippen LogP contribution in [0.15, 0.2) is 182 Å². The summed E-state index contributed by atoms with van der Waals surface area (Å²) in [6.07, 6.45) is 0. The first-order chi connectivity index (χ1) is 23.3. The van der Waals surface area contributed by atoms with Crippen molar-refractivity contribution in [3.05, 3.63) is 204 Å². The maximum Gasteiger partial charge on any atom is 0.0719 e. The fraction of sp³-hybridized carbons (Fsp3) is 0.0213. The van der Waals surface area contributed by atoms with Crippen LogP contribution in [0.4, 0.5) is 0 Å². The average molecular weight is 595 g/mol. The normalized spacial score (nSPS) is 13.3. The van der Waals surface area contributed by atoms with Gasteiger partial charge in [0.1, 0.15) is 0 Å². The summed E-state index contributed by atoms with van der Waals surface area (Å²) in [7, 11) is 0. The first-order valence-electron chi connectivity index (χ1n) is 16.4. The minimum atomic E-state index is -0.483. The molecule has 10 rings (SSSR count). The van der Waals surface area contributed by atoms with Crippen molar-refractivity contribution < 1.29 is 0 Å². The Hall–Kier alpha value is -5.98. The van der Waals surface area contributed by atoms with Crippen molar-refractivity contribution in [1.29, 1.82) is 0 Å². The molecule has 0 bridgehead atoms. The fourth-order valence-corrected chi connectivity index (χ4v) is 8.62. The molecule has 0 unspecified atom stereocenters. The number of fused-ring (bicyclic) bond motifs is 10. The van der Waals surface area contributed by atoms with Gasteiger partial charge in [-0.25, -0.2) is 0 Å². The molecule has 0 nitrogen and oxygen atoms in total. The van der Waals surface area contributed by atoms with Gasteiger partial charge in [-0.1, -0.05) is 170 Å². The van der Waals surface area contributed by atoms with Gasteiger partial charge in [-0.05, 0) is 99.7 Å². The van der Waals surface area contributed by atoms with Crippen LogP contribution >= 0.6 is 0 Å². The lowest BCUT2D eigenvalue weighted by molar-refractivity contribution is 0.775. The highest BCUT2D eigenvalue weighted by Crippen LogP contribution is 2.60. The Morgan fingerprint density at radius 2 is 0.851 bits per heavy atom. The van der Waals surface area contributed by atoms with Crippen LogP contribution in [0.1, 0.15) is 22.3 Å². The van der Waals surface area contributed by atoms with Crippen LogP contribution in [0.3, 0.4) is 0 Å². The van der Waals surface area contributed by atoms with Crippen molar-refractivity contribution in [2.24, 2.45) is 0 Å². The predicted octanol–water partition coefficient (Wildman–Crippen LogP) is 12.3. The van der Waals surface area contributed by atoms with Gasteiger partial charge in [0.15, 0.2) is 0 Å². The highest BCUT2D eigenvalue weighted by molar-refractivity contribution is 6.22. The number of hydrogen-bond donors (Lipinski definition) is 0. The Labute approximate surface area is 274 Å². The van der Waals surface area contributed by atoms with Gasteiger partial charge in [0, 0.05) is 0 Å². The maximum atomic E-state index is 2.47. The van der Waals surface area contributed by atoms with E-state index in [0.717, 1.165) is 0 Å². The Morgan fingerprint density at radius 3 is 1.60 bits per heavy atom. The third-order valence-corrected chi connectivity index (χ3v) is 10.5. The largest absolute Gasteiger partial charge is 0.0719 e. The van der Waals surface area contributed by atoms with Crippen LogP contribution < -0.4 is 0 Å². The molecule has 0 amide bonds. The predicted molar refractivity (Wildman–Crippen MR) is 199 cm³/mol. The first-order valence-corrected chi connectivity index (χ1v) is 16.4. The molecule has 0 N–H and O–H groups in total. The van der Waals surface area contributed by atoms with E-state index in [1.54, 1.807) is 0 Å². The second-order valence-electron chi connectivity index (χ2n) is 12.8. The van der Waals surface area contributed by atoms with E-state index in [9.17, 15) is 0 Å². The van der Waals surface area contributed by atoms with Gasteiger partial charge in [-0.3, -0.25) is 0 Å². The molecule has 1 aliphatic rings. The van der Waals surface area contributed by atoms with Gasteiger partial charge in [-0.15, -0.1) is 0 Å². The third kappa shape index (κ3) is 3.59. The van der Waals surface area contributed by atoms with Crippen LogP contribution in [0.5, 0.6) is 0 Å². The lowest BCUT2D eigenvalue weighted by Gasteiger charge is -2.35. The van der Waals surface area contributed by atoms with E-state index in [0.29, 0.717) is 0 Å². The van der Waals surface area contributed by atoms with Crippen molar-refractivity contribution in [3.8, 4) is 22.3 Å². The molecule has 1 aliphatic carbocycles. The molecule has 0 atom stereocenters. The summed E-state index contributed by atoms with van der Waals surface area (Å²) in [5, 5.41) is 10.3. The van der Waals surface area contributed by atoms with E-state index in [1.165, 1.54) is 87.6 Å². The smallest absolute Gasteiger partial charge is 0.0622 e. The van der Waals surface area contributed by atoms with E-state index < -0.39 is 5.41 Å². The van der Waals surface area contributed by atoms with Crippen LogP contribution in [0.2, 0.25) is 0 Å². The lowest BCUT2D eigenvalue weighted by Crippen LogP contribution is -2.28. The fourth-order valence-electron chi connectivity index (χ4n) is 8.62. The maximum absolute atomic E-state index is 2.47. The van der Waals surface area contributed by atoms with Crippen molar-refractivity contribution in [3.63, 3.8) is 0 Å². The second-order valence-corrected chi connectivity index (χ2v) is 12.8. The first kappa shape index (κ1) is 26.3. The Morgan fingerprint density at radius 1 is 0.298 bits per heavy atom. The molecule has 218 valence electrons. The lowest BCUT2D eigenvalue weighted by atomic mass is 9.66. The molecule has 0 fully saturated rings. The standard InChI is InChI=1S/C47H30/c1-3-17-33(18-4-1)47(34-19-5-2-6-20-34)44-26-14-13-25-40(44)45-43(29-32-16-8-10-22-36(32)46(45)47)42-30-41-35-21-9-7-15-31(35)27-28-39(41)37-23-11-12-24-38(37)42/h1-30H. The molecular weight excluding hydrogens is 565 g/mol. The molecular formula is C47H30. The molecule has 0 saturated carbocycles. The zero-order valence-corrected chi connectivity index (χ0v) is 25.8. The Bertz CT molecular complexity index is 2620. The number of hydrogen-bond acceptors (Lipinski definition) is 0.